The lowest BCUT2D eigenvalue weighted by atomic mass is 10.2. The zero-order chi connectivity index (χ0) is 23.6. The van der Waals surface area contributed by atoms with Crippen LogP contribution in [0.1, 0.15) is 16.7 Å². The summed E-state index contributed by atoms with van der Waals surface area (Å²) in [4.78, 5) is 12.6. The van der Waals surface area contributed by atoms with Crippen LogP contribution in [0.25, 0.3) is 0 Å². The van der Waals surface area contributed by atoms with Gasteiger partial charge in [-0.2, -0.15) is 0 Å². The quantitative estimate of drug-likeness (QED) is 0.567. The van der Waals surface area contributed by atoms with E-state index in [2.05, 4.69) is 5.32 Å². The van der Waals surface area contributed by atoms with E-state index in [4.69, 9.17) is 9.47 Å². The molecule has 0 saturated carbocycles. The van der Waals surface area contributed by atoms with E-state index in [0.717, 1.165) is 16.8 Å². The SMILES string of the molecule is COc1ccc(C)cc1NC(=O)COc1ccc(S(=O)(=O)N2CCc3ccccc32)cc1C. The van der Waals surface area contributed by atoms with Gasteiger partial charge in [-0.25, -0.2) is 8.42 Å². The number of carbonyl (C=O) groups excluding carboxylic acids is 1. The van der Waals surface area contributed by atoms with E-state index in [1.165, 1.54) is 17.5 Å². The molecule has 1 aliphatic heterocycles. The Kier molecular flexibility index (Phi) is 6.29. The summed E-state index contributed by atoms with van der Waals surface area (Å²) in [6, 6.07) is 17.7. The Labute approximate surface area is 194 Å². The molecule has 0 fully saturated rings. The van der Waals surface area contributed by atoms with Crippen LogP contribution >= 0.6 is 0 Å². The van der Waals surface area contributed by atoms with Gasteiger partial charge in [0.1, 0.15) is 11.5 Å². The Bertz CT molecular complexity index is 1300. The van der Waals surface area contributed by atoms with Crippen molar-refractivity contribution in [1.29, 1.82) is 0 Å². The first-order valence-electron chi connectivity index (χ1n) is 10.6. The highest BCUT2D eigenvalue weighted by Crippen LogP contribution is 2.34. The van der Waals surface area contributed by atoms with Crippen molar-refractivity contribution in [3.63, 3.8) is 0 Å². The molecule has 0 spiro atoms. The third-order valence-corrected chi connectivity index (χ3v) is 7.38. The average molecular weight is 467 g/mol. The van der Waals surface area contributed by atoms with Crippen molar-refractivity contribution in [3.8, 4) is 11.5 Å². The lowest BCUT2D eigenvalue weighted by Gasteiger charge is -2.20. The summed E-state index contributed by atoms with van der Waals surface area (Å²) in [6.45, 7) is 3.88. The molecule has 4 rings (SSSR count). The molecular weight excluding hydrogens is 440 g/mol. The second-order valence-corrected chi connectivity index (χ2v) is 9.79. The van der Waals surface area contributed by atoms with E-state index in [0.29, 0.717) is 35.7 Å². The maximum Gasteiger partial charge on any atom is 0.264 e. The summed E-state index contributed by atoms with van der Waals surface area (Å²) in [5, 5.41) is 2.78. The molecule has 0 saturated heterocycles. The third-order valence-electron chi connectivity index (χ3n) is 5.57. The molecule has 1 heterocycles. The number of carbonyl (C=O) groups is 1. The number of rotatable bonds is 7. The molecule has 0 atom stereocenters. The number of fused-ring (bicyclic) bond motifs is 1. The number of sulfonamides is 1. The first kappa shape index (κ1) is 22.7. The fourth-order valence-corrected chi connectivity index (χ4v) is 5.47. The largest absolute Gasteiger partial charge is 0.495 e. The van der Waals surface area contributed by atoms with Crippen LogP contribution in [-0.2, 0) is 21.2 Å². The van der Waals surface area contributed by atoms with Crippen molar-refractivity contribution < 1.29 is 22.7 Å². The monoisotopic (exact) mass is 466 g/mol. The number of aryl methyl sites for hydroxylation is 2. The number of nitrogens with zero attached hydrogens (tertiary/aromatic N) is 1. The summed E-state index contributed by atoms with van der Waals surface area (Å²) >= 11 is 0. The van der Waals surface area contributed by atoms with Gasteiger partial charge >= 0.3 is 0 Å². The summed E-state index contributed by atoms with van der Waals surface area (Å²) in [5.74, 6) is 0.661. The van der Waals surface area contributed by atoms with E-state index < -0.39 is 10.0 Å². The minimum absolute atomic E-state index is 0.193. The zero-order valence-electron chi connectivity index (χ0n) is 18.8. The van der Waals surface area contributed by atoms with Crippen LogP contribution in [0.3, 0.4) is 0 Å². The van der Waals surface area contributed by atoms with Crippen LogP contribution in [0, 0.1) is 13.8 Å². The fraction of sp³-hybridized carbons (Fsp3) is 0.240. The average Bonchev–Trinajstić information content (AvgIpc) is 3.23. The maximum absolute atomic E-state index is 13.2. The van der Waals surface area contributed by atoms with Crippen molar-refractivity contribution in [2.75, 3.05) is 29.9 Å². The van der Waals surface area contributed by atoms with Crippen molar-refractivity contribution >= 4 is 27.3 Å². The minimum Gasteiger partial charge on any atom is -0.495 e. The number of para-hydroxylation sites is 1. The second-order valence-electron chi connectivity index (χ2n) is 7.92. The van der Waals surface area contributed by atoms with Crippen LogP contribution in [0.2, 0.25) is 0 Å². The summed E-state index contributed by atoms with van der Waals surface area (Å²) < 4.78 is 38.8. The van der Waals surface area contributed by atoms with Crippen LogP contribution in [0.15, 0.2) is 65.6 Å². The van der Waals surface area contributed by atoms with E-state index in [1.54, 1.807) is 25.1 Å². The number of methoxy groups -OCH3 is 1. The van der Waals surface area contributed by atoms with Crippen molar-refractivity contribution in [1.82, 2.24) is 0 Å². The van der Waals surface area contributed by atoms with Crippen LogP contribution < -0.4 is 19.1 Å². The lowest BCUT2D eigenvalue weighted by molar-refractivity contribution is -0.118. The fourth-order valence-electron chi connectivity index (χ4n) is 3.88. The molecule has 33 heavy (non-hydrogen) atoms. The summed E-state index contributed by atoms with van der Waals surface area (Å²) in [7, 11) is -2.15. The summed E-state index contributed by atoms with van der Waals surface area (Å²) in [6.07, 6.45) is 0.691. The van der Waals surface area contributed by atoms with Gasteiger partial charge in [0.15, 0.2) is 6.61 Å². The molecule has 1 amide bonds. The predicted octanol–water partition coefficient (Wildman–Crippen LogP) is 4.08. The van der Waals surface area contributed by atoms with E-state index in [1.807, 2.05) is 43.3 Å². The van der Waals surface area contributed by atoms with Crippen molar-refractivity contribution in [3.05, 3.63) is 77.4 Å². The molecule has 0 unspecified atom stereocenters. The first-order chi connectivity index (χ1) is 15.8. The topological polar surface area (TPSA) is 84.9 Å². The van der Waals surface area contributed by atoms with Crippen LogP contribution in [0.4, 0.5) is 11.4 Å². The molecule has 8 heteroatoms. The zero-order valence-corrected chi connectivity index (χ0v) is 19.6. The molecular formula is C25H26N2O5S. The number of hydrogen-bond acceptors (Lipinski definition) is 5. The lowest BCUT2D eigenvalue weighted by Crippen LogP contribution is -2.29. The molecule has 0 aromatic heterocycles. The standard InChI is InChI=1S/C25H26N2O5S/c1-17-8-10-24(31-3)21(14-17)26-25(28)16-32-23-11-9-20(15-18(23)2)33(29,30)27-13-12-19-6-4-5-7-22(19)27/h4-11,14-15H,12-13,16H2,1-3H3,(H,26,28). The number of benzene rings is 3. The Morgan fingerprint density at radius 2 is 1.79 bits per heavy atom. The van der Waals surface area contributed by atoms with Gasteiger partial charge in [-0.15, -0.1) is 0 Å². The minimum atomic E-state index is -3.69. The van der Waals surface area contributed by atoms with Gasteiger partial charge in [0.25, 0.3) is 15.9 Å². The second kappa shape index (κ2) is 9.15. The molecule has 7 nitrogen and oxygen atoms in total. The van der Waals surface area contributed by atoms with Gasteiger partial charge in [0, 0.05) is 6.54 Å². The number of anilines is 2. The number of nitrogens with one attached hydrogen (secondary N) is 1. The smallest absolute Gasteiger partial charge is 0.264 e. The maximum atomic E-state index is 13.2. The highest BCUT2D eigenvalue weighted by Gasteiger charge is 2.30. The van der Waals surface area contributed by atoms with Gasteiger partial charge in [0.2, 0.25) is 0 Å². The highest BCUT2D eigenvalue weighted by molar-refractivity contribution is 7.92. The molecule has 3 aromatic carbocycles. The Hall–Kier alpha value is -3.52. The van der Waals surface area contributed by atoms with Gasteiger partial charge in [-0.1, -0.05) is 24.3 Å². The predicted molar refractivity (Wildman–Crippen MR) is 128 cm³/mol. The van der Waals surface area contributed by atoms with Gasteiger partial charge < -0.3 is 14.8 Å². The summed E-state index contributed by atoms with van der Waals surface area (Å²) in [5.41, 5.74) is 3.92. The number of amides is 1. The molecule has 1 N–H and O–H groups in total. The van der Waals surface area contributed by atoms with E-state index in [9.17, 15) is 13.2 Å². The first-order valence-corrected chi connectivity index (χ1v) is 12.0. The highest BCUT2D eigenvalue weighted by atomic mass is 32.2. The number of ether oxygens (including phenoxy) is 2. The van der Waals surface area contributed by atoms with E-state index in [-0.39, 0.29) is 17.4 Å². The molecule has 3 aromatic rings. The molecule has 0 bridgehead atoms. The molecule has 1 aliphatic rings. The third kappa shape index (κ3) is 4.66. The Morgan fingerprint density at radius 3 is 2.55 bits per heavy atom. The van der Waals surface area contributed by atoms with Gasteiger partial charge in [-0.3, -0.25) is 9.10 Å². The van der Waals surface area contributed by atoms with Crippen LogP contribution in [0.5, 0.6) is 11.5 Å². The molecule has 0 radical (unpaired) electrons. The van der Waals surface area contributed by atoms with Gasteiger partial charge in [0.05, 0.1) is 23.4 Å². The number of hydrogen-bond donors (Lipinski definition) is 1. The van der Waals surface area contributed by atoms with Gasteiger partial charge in [-0.05, 0) is 73.4 Å². The Balaban J connectivity index is 1.45. The normalized spacial score (nSPS) is 12.9. The Morgan fingerprint density at radius 1 is 1.03 bits per heavy atom. The molecule has 172 valence electrons. The van der Waals surface area contributed by atoms with E-state index >= 15 is 0 Å². The van der Waals surface area contributed by atoms with Crippen LogP contribution in [-0.4, -0.2) is 34.6 Å². The van der Waals surface area contributed by atoms with Crippen molar-refractivity contribution in [2.24, 2.45) is 0 Å². The van der Waals surface area contributed by atoms with Crippen molar-refractivity contribution in [2.45, 2.75) is 25.2 Å². The molecule has 0 aliphatic carbocycles.